The highest BCUT2D eigenvalue weighted by Gasteiger charge is 2.29. The highest BCUT2D eigenvalue weighted by molar-refractivity contribution is 7.17. The van der Waals surface area contributed by atoms with Crippen molar-refractivity contribution in [3.05, 3.63) is 35.2 Å². The van der Waals surface area contributed by atoms with Gasteiger partial charge in [0.25, 0.3) is 5.91 Å². The number of rotatable bonds is 3. The highest BCUT2D eigenvalue weighted by Crippen LogP contribution is 2.37. The lowest BCUT2D eigenvalue weighted by Gasteiger charge is -2.22. The van der Waals surface area contributed by atoms with Crippen molar-refractivity contribution in [1.82, 2.24) is 4.90 Å². The first kappa shape index (κ1) is 15.5. The van der Waals surface area contributed by atoms with Gasteiger partial charge >= 0.3 is 0 Å². The van der Waals surface area contributed by atoms with E-state index in [0.29, 0.717) is 19.8 Å². The number of carbonyl (C=O) groups is 1. The second kappa shape index (κ2) is 6.45. The van der Waals surface area contributed by atoms with Crippen LogP contribution in [-0.2, 0) is 0 Å². The average Bonchev–Trinajstić information content (AvgIpc) is 3.30. The normalized spacial score (nSPS) is 19.5. The minimum absolute atomic E-state index is 0.0942. The minimum Gasteiger partial charge on any atom is -0.486 e. The first-order valence-corrected chi connectivity index (χ1v) is 9.09. The predicted molar refractivity (Wildman–Crippen MR) is 93.9 cm³/mol. The van der Waals surface area contributed by atoms with Gasteiger partial charge in [-0.3, -0.25) is 4.79 Å². The summed E-state index contributed by atoms with van der Waals surface area (Å²) in [6.07, 6.45) is 2.04. The third kappa shape index (κ3) is 2.76. The van der Waals surface area contributed by atoms with Gasteiger partial charge in [0.05, 0.1) is 4.88 Å². The Hall–Kier alpha value is -2.05. The van der Waals surface area contributed by atoms with Gasteiger partial charge in [0.1, 0.15) is 13.2 Å². The summed E-state index contributed by atoms with van der Waals surface area (Å²) in [6.45, 7) is 2.49. The molecule has 1 aromatic heterocycles. The zero-order chi connectivity index (χ0) is 16.5. The Bertz CT molecular complexity index is 758. The Labute approximate surface area is 145 Å². The molecule has 0 saturated carbocycles. The van der Waals surface area contributed by atoms with E-state index < -0.39 is 0 Å². The van der Waals surface area contributed by atoms with Gasteiger partial charge < -0.3 is 20.1 Å². The standard InChI is InChI=1S/C18H20N2O3S/c19-11-13-2-1-7-20(13)18(21)17-6-5-16(24-17)12-3-4-14-15(10-12)23-9-8-22-14/h3-6,10,13H,1-2,7-9,11,19H2. The molecule has 24 heavy (non-hydrogen) atoms. The molecule has 2 aliphatic heterocycles. The molecule has 1 atom stereocenters. The summed E-state index contributed by atoms with van der Waals surface area (Å²) in [7, 11) is 0. The lowest BCUT2D eigenvalue weighted by molar-refractivity contribution is 0.0746. The molecule has 2 aliphatic rings. The fourth-order valence-corrected chi connectivity index (χ4v) is 4.25. The smallest absolute Gasteiger partial charge is 0.264 e. The lowest BCUT2D eigenvalue weighted by Crippen LogP contribution is -2.39. The van der Waals surface area contributed by atoms with Crippen molar-refractivity contribution in [2.24, 2.45) is 5.73 Å². The summed E-state index contributed by atoms with van der Waals surface area (Å²) in [5.41, 5.74) is 6.83. The number of benzene rings is 1. The molecule has 1 amide bonds. The number of nitrogens with zero attached hydrogens (tertiary/aromatic N) is 1. The number of ether oxygens (including phenoxy) is 2. The van der Waals surface area contributed by atoms with Crippen molar-refractivity contribution in [3.63, 3.8) is 0 Å². The topological polar surface area (TPSA) is 64.8 Å². The largest absolute Gasteiger partial charge is 0.486 e. The van der Waals surface area contributed by atoms with Crippen molar-refractivity contribution in [2.45, 2.75) is 18.9 Å². The van der Waals surface area contributed by atoms with Crippen molar-refractivity contribution in [2.75, 3.05) is 26.3 Å². The SMILES string of the molecule is NCC1CCCN1C(=O)c1ccc(-c2ccc3c(c2)OCCO3)s1. The zero-order valence-corrected chi connectivity index (χ0v) is 14.2. The van der Waals surface area contributed by atoms with Crippen LogP contribution < -0.4 is 15.2 Å². The van der Waals surface area contributed by atoms with E-state index in [9.17, 15) is 4.79 Å². The van der Waals surface area contributed by atoms with E-state index in [-0.39, 0.29) is 11.9 Å². The second-order valence-electron chi connectivity index (χ2n) is 6.05. The first-order valence-electron chi connectivity index (χ1n) is 8.27. The van der Waals surface area contributed by atoms with Crippen LogP contribution in [0.15, 0.2) is 30.3 Å². The summed E-state index contributed by atoms with van der Waals surface area (Å²) in [5, 5.41) is 0. The van der Waals surface area contributed by atoms with Gasteiger partial charge in [-0.1, -0.05) is 0 Å². The number of fused-ring (bicyclic) bond motifs is 1. The summed E-state index contributed by atoms with van der Waals surface area (Å²) in [4.78, 5) is 16.5. The van der Waals surface area contributed by atoms with E-state index in [2.05, 4.69) is 0 Å². The average molecular weight is 344 g/mol. The van der Waals surface area contributed by atoms with E-state index in [1.807, 2.05) is 35.2 Å². The van der Waals surface area contributed by atoms with Crippen LogP contribution in [0, 0.1) is 0 Å². The molecule has 2 aromatic rings. The molecule has 0 aliphatic carbocycles. The molecule has 3 heterocycles. The Morgan fingerprint density at radius 1 is 1.21 bits per heavy atom. The molecular weight excluding hydrogens is 324 g/mol. The Morgan fingerprint density at radius 3 is 2.88 bits per heavy atom. The van der Waals surface area contributed by atoms with Gasteiger partial charge in [0.2, 0.25) is 0 Å². The highest BCUT2D eigenvalue weighted by atomic mass is 32.1. The molecule has 0 spiro atoms. The van der Waals surface area contributed by atoms with E-state index in [1.54, 1.807) is 0 Å². The molecule has 0 bridgehead atoms. The first-order chi connectivity index (χ1) is 11.8. The number of hydrogen-bond donors (Lipinski definition) is 1. The summed E-state index contributed by atoms with van der Waals surface area (Å²) in [5.74, 6) is 1.64. The summed E-state index contributed by atoms with van der Waals surface area (Å²) in [6, 6.07) is 9.99. The number of amides is 1. The quantitative estimate of drug-likeness (QED) is 0.930. The molecule has 1 unspecified atom stereocenters. The van der Waals surface area contributed by atoms with Crippen molar-refractivity contribution >= 4 is 17.2 Å². The maximum absolute atomic E-state index is 12.7. The summed E-state index contributed by atoms with van der Waals surface area (Å²) < 4.78 is 11.2. The third-order valence-corrected chi connectivity index (χ3v) is 5.68. The zero-order valence-electron chi connectivity index (χ0n) is 13.4. The van der Waals surface area contributed by atoms with E-state index in [0.717, 1.165) is 46.2 Å². The Morgan fingerprint density at radius 2 is 2.04 bits per heavy atom. The number of nitrogens with two attached hydrogens (primary N) is 1. The number of likely N-dealkylation sites (tertiary alicyclic amines) is 1. The van der Waals surface area contributed by atoms with Crippen LogP contribution in [0.5, 0.6) is 11.5 Å². The molecule has 5 nitrogen and oxygen atoms in total. The van der Waals surface area contributed by atoms with Crippen molar-refractivity contribution < 1.29 is 14.3 Å². The van der Waals surface area contributed by atoms with Gasteiger partial charge in [0, 0.05) is 24.0 Å². The molecule has 1 saturated heterocycles. The van der Waals surface area contributed by atoms with Crippen LogP contribution in [0.3, 0.4) is 0 Å². The lowest BCUT2D eigenvalue weighted by atomic mass is 10.1. The third-order valence-electron chi connectivity index (χ3n) is 4.55. The van der Waals surface area contributed by atoms with Crippen LogP contribution in [-0.4, -0.2) is 43.2 Å². The predicted octanol–water partition coefficient (Wildman–Crippen LogP) is 2.75. The number of carbonyl (C=O) groups excluding carboxylic acids is 1. The van der Waals surface area contributed by atoms with Gasteiger partial charge in [-0.25, -0.2) is 0 Å². The van der Waals surface area contributed by atoms with E-state index in [1.165, 1.54) is 11.3 Å². The van der Waals surface area contributed by atoms with E-state index >= 15 is 0 Å². The van der Waals surface area contributed by atoms with Gasteiger partial charge in [0.15, 0.2) is 11.5 Å². The molecule has 4 rings (SSSR count). The maximum Gasteiger partial charge on any atom is 0.264 e. The van der Waals surface area contributed by atoms with Gasteiger partial charge in [-0.05, 0) is 48.7 Å². The Kier molecular flexibility index (Phi) is 4.16. The molecule has 6 heteroatoms. The van der Waals surface area contributed by atoms with Crippen LogP contribution in [0.1, 0.15) is 22.5 Å². The fraction of sp³-hybridized carbons (Fsp3) is 0.389. The maximum atomic E-state index is 12.7. The van der Waals surface area contributed by atoms with E-state index in [4.69, 9.17) is 15.2 Å². The van der Waals surface area contributed by atoms with Crippen molar-refractivity contribution in [1.29, 1.82) is 0 Å². The molecular formula is C18H20N2O3S. The second-order valence-corrected chi connectivity index (χ2v) is 7.14. The summed E-state index contributed by atoms with van der Waals surface area (Å²) >= 11 is 1.52. The van der Waals surface area contributed by atoms with Crippen LogP contribution in [0.4, 0.5) is 0 Å². The van der Waals surface area contributed by atoms with Crippen LogP contribution >= 0.6 is 11.3 Å². The number of thiophene rings is 1. The van der Waals surface area contributed by atoms with Gasteiger partial charge in [-0.15, -0.1) is 11.3 Å². The van der Waals surface area contributed by atoms with Gasteiger partial charge in [-0.2, -0.15) is 0 Å². The molecule has 1 aromatic carbocycles. The molecule has 126 valence electrons. The Balaban J connectivity index is 1.57. The monoisotopic (exact) mass is 344 g/mol. The molecule has 2 N–H and O–H groups in total. The van der Waals surface area contributed by atoms with Crippen LogP contribution in [0.25, 0.3) is 10.4 Å². The van der Waals surface area contributed by atoms with Crippen molar-refractivity contribution in [3.8, 4) is 21.9 Å². The number of hydrogen-bond acceptors (Lipinski definition) is 5. The molecule has 1 fully saturated rings. The van der Waals surface area contributed by atoms with Crippen LogP contribution in [0.2, 0.25) is 0 Å². The minimum atomic E-state index is 0.0942. The fourth-order valence-electron chi connectivity index (χ4n) is 3.29. The molecule has 0 radical (unpaired) electrons.